The van der Waals surface area contributed by atoms with Gasteiger partial charge in [0.1, 0.15) is 23.4 Å². The molecule has 16 heavy (non-hydrogen) atoms. The normalized spacial score (nSPS) is 9.81. The van der Waals surface area contributed by atoms with Gasteiger partial charge in [-0.1, -0.05) is 0 Å². The minimum absolute atomic E-state index is 0.366. The van der Waals surface area contributed by atoms with Gasteiger partial charge < -0.3 is 5.32 Å². The van der Waals surface area contributed by atoms with Gasteiger partial charge >= 0.3 is 0 Å². The van der Waals surface area contributed by atoms with Crippen LogP contribution in [0.5, 0.6) is 0 Å². The molecule has 80 valence electrons. The fraction of sp³-hybridized carbons (Fsp3) is 0.100. The van der Waals surface area contributed by atoms with E-state index in [1.807, 2.05) is 18.2 Å². The Bertz CT molecular complexity index is 558. The topological polar surface area (TPSA) is 61.6 Å². The number of hydrogen-bond acceptors (Lipinski definition) is 5. The van der Waals surface area contributed by atoms with Crippen molar-refractivity contribution in [3.05, 3.63) is 33.5 Å². The molecule has 0 bridgehead atoms. The summed E-state index contributed by atoms with van der Waals surface area (Å²) in [5.41, 5.74) is 0.366. The van der Waals surface area contributed by atoms with E-state index < -0.39 is 0 Å². The zero-order valence-corrected chi connectivity index (χ0v) is 10.8. The lowest BCUT2D eigenvalue weighted by molar-refractivity contribution is 1.04. The molecule has 2 rings (SSSR count). The van der Waals surface area contributed by atoms with E-state index in [1.54, 1.807) is 24.3 Å². The summed E-state index contributed by atoms with van der Waals surface area (Å²) in [7, 11) is 0. The lowest BCUT2D eigenvalue weighted by atomic mass is 10.4. The highest BCUT2D eigenvalue weighted by Crippen LogP contribution is 2.28. The van der Waals surface area contributed by atoms with E-state index in [9.17, 15) is 0 Å². The number of rotatable bonds is 2. The van der Waals surface area contributed by atoms with Crippen molar-refractivity contribution in [1.29, 1.82) is 5.26 Å². The summed E-state index contributed by atoms with van der Waals surface area (Å²) in [6, 6.07) is 7.52. The van der Waals surface area contributed by atoms with Crippen LogP contribution in [-0.2, 0) is 0 Å². The van der Waals surface area contributed by atoms with E-state index in [0.29, 0.717) is 17.3 Å². The SMILES string of the molecule is Cc1nc(C#N)cc(Nc2ccc(Br)s2)n1. The summed E-state index contributed by atoms with van der Waals surface area (Å²) in [5, 5.41) is 12.9. The Morgan fingerprint density at radius 1 is 1.44 bits per heavy atom. The van der Waals surface area contributed by atoms with Crippen molar-refractivity contribution in [2.75, 3.05) is 5.32 Å². The number of nitrogens with zero attached hydrogens (tertiary/aromatic N) is 3. The Hall–Kier alpha value is -1.45. The first-order valence-corrected chi connectivity index (χ1v) is 6.06. The molecule has 4 nitrogen and oxygen atoms in total. The Labute approximate surface area is 105 Å². The number of nitriles is 1. The first kappa shape index (κ1) is 11.0. The molecule has 2 heterocycles. The second-order valence-corrected chi connectivity index (χ2v) is 5.49. The predicted octanol–water partition coefficient (Wildman–Crippen LogP) is 3.22. The number of halogens is 1. The van der Waals surface area contributed by atoms with Crippen LogP contribution in [0, 0.1) is 18.3 Å². The van der Waals surface area contributed by atoms with Gasteiger partial charge in [0.05, 0.1) is 8.79 Å². The van der Waals surface area contributed by atoms with Crippen molar-refractivity contribution < 1.29 is 0 Å². The molecule has 2 aromatic heterocycles. The molecular formula is C10H7BrN4S. The lowest BCUT2D eigenvalue weighted by Crippen LogP contribution is -1.97. The Morgan fingerprint density at radius 3 is 2.88 bits per heavy atom. The van der Waals surface area contributed by atoms with E-state index in [2.05, 4.69) is 31.2 Å². The van der Waals surface area contributed by atoms with E-state index in [-0.39, 0.29) is 0 Å². The molecule has 0 aromatic carbocycles. The van der Waals surface area contributed by atoms with E-state index in [4.69, 9.17) is 5.26 Å². The van der Waals surface area contributed by atoms with E-state index in [1.165, 1.54) is 0 Å². The Morgan fingerprint density at radius 2 is 2.25 bits per heavy atom. The molecule has 0 aliphatic heterocycles. The maximum Gasteiger partial charge on any atom is 0.146 e. The molecule has 0 fully saturated rings. The minimum atomic E-state index is 0.366. The van der Waals surface area contributed by atoms with Gasteiger partial charge in [0.25, 0.3) is 0 Å². The number of anilines is 2. The van der Waals surface area contributed by atoms with Crippen molar-refractivity contribution in [3.63, 3.8) is 0 Å². The van der Waals surface area contributed by atoms with Crippen LogP contribution in [-0.4, -0.2) is 9.97 Å². The predicted molar refractivity (Wildman–Crippen MR) is 66.8 cm³/mol. The fourth-order valence-electron chi connectivity index (χ4n) is 1.20. The standard InChI is InChI=1S/C10H7BrN4S/c1-6-13-7(5-12)4-9(14-6)15-10-3-2-8(11)16-10/h2-4H,1H3,(H,13,14,15). The van der Waals surface area contributed by atoms with Gasteiger partial charge in [0.2, 0.25) is 0 Å². The summed E-state index contributed by atoms with van der Waals surface area (Å²) in [6.45, 7) is 1.76. The second kappa shape index (κ2) is 4.60. The maximum absolute atomic E-state index is 8.78. The van der Waals surface area contributed by atoms with Gasteiger partial charge in [0, 0.05) is 6.07 Å². The average molecular weight is 295 g/mol. The molecule has 0 radical (unpaired) electrons. The smallest absolute Gasteiger partial charge is 0.146 e. The van der Waals surface area contributed by atoms with Crippen LogP contribution < -0.4 is 5.32 Å². The molecule has 0 unspecified atom stereocenters. The molecule has 1 N–H and O–H groups in total. The van der Waals surface area contributed by atoms with E-state index in [0.717, 1.165) is 8.79 Å². The lowest BCUT2D eigenvalue weighted by Gasteiger charge is -2.03. The van der Waals surface area contributed by atoms with E-state index >= 15 is 0 Å². The van der Waals surface area contributed by atoms with Crippen molar-refractivity contribution >= 4 is 38.1 Å². The summed E-state index contributed by atoms with van der Waals surface area (Å²) >= 11 is 4.95. The molecule has 0 saturated heterocycles. The Balaban J connectivity index is 2.28. The van der Waals surface area contributed by atoms with Gasteiger partial charge in [-0.25, -0.2) is 9.97 Å². The van der Waals surface area contributed by atoms with Gasteiger partial charge in [-0.05, 0) is 35.0 Å². The zero-order valence-electron chi connectivity index (χ0n) is 8.36. The molecule has 2 aromatic rings. The maximum atomic E-state index is 8.78. The first-order chi connectivity index (χ1) is 7.67. The number of aromatic nitrogens is 2. The molecule has 6 heteroatoms. The number of aryl methyl sites for hydroxylation is 1. The summed E-state index contributed by atoms with van der Waals surface area (Å²) in [4.78, 5) is 8.19. The van der Waals surface area contributed by atoms with Crippen LogP contribution in [0.25, 0.3) is 0 Å². The molecular weight excluding hydrogens is 288 g/mol. The van der Waals surface area contributed by atoms with Crippen LogP contribution in [0.3, 0.4) is 0 Å². The number of nitrogens with one attached hydrogen (secondary N) is 1. The van der Waals surface area contributed by atoms with Gasteiger partial charge in [0.15, 0.2) is 0 Å². The number of thiophene rings is 1. The molecule has 0 aliphatic carbocycles. The highest BCUT2D eigenvalue weighted by atomic mass is 79.9. The molecule has 0 atom stereocenters. The Kier molecular flexibility index (Phi) is 3.17. The third kappa shape index (κ3) is 2.56. The third-order valence-corrected chi connectivity index (χ3v) is 3.32. The average Bonchev–Trinajstić information content (AvgIpc) is 2.63. The van der Waals surface area contributed by atoms with Gasteiger partial charge in [-0.2, -0.15) is 5.26 Å². The quantitative estimate of drug-likeness (QED) is 0.924. The minimum Gasteiger partial charge on any atom is -0.332 e. The molecule has 0 aliphatic rings. The monoisotopic (exact) mass is 294 g/mol. The highest BCUT2D eigenvalue weighted by Gasteiger charge is 2.03. The van der Waals surface area contributed by atoms with Crippen molar-refractivity contribution in [1.82, 2.24) is 9.97 Å². The zero-order chi connectivity index (χ0) is 11.5. The first-order valence-electron chi connectivity index (χ1n) is 4.45. The molecule has 0 saturated carbocycles. The van der Waals surface area contributed by atoms with Crippen molar-refractivity contribution in [2.45, 2.75) is 6.92 Å². The van der Waals surface area contributed by atoms with Crippen LogP contribution in [0.1, 0.15) is 11.5 Å². The third-order valence-electron chi connectivity index (χ3n) is 1.78. The van der Waals surface area contributed by atoms with Crippen LogP contribution in [0.2, 0.25) is 0 Å². The number of hydrogen-bond donors (Lipinski definition) is 1. The second-order valence-electron chi connectivity index (χ2n) is 3.03. The van der Waals surface area contributed by atoms with Gasteiger partial charge in [-0.15, -0.1) is 11.3 Å². The van der Waals surface area contributed by atoms with Crippen molar-refractivity contribution in [3.8, 4) is 6.07 Å². The van der Waals surface area contributed by atoms with Crippen LogP contribution in [0.4, 0.5) is 10.8 Å². The van der Waals surface area contributed by atoms with Crippen LogP contribution in [0.15, 0.2) is 22.0 Å². The highest BCUT2D eigenvalue weighted by molar-refractivity contribution is 9.11. The van der Waals surface area contributed by atoms with Crippen molar-refractivity contribution in [2.24, 2.45) is 0 Å². The molecule has 0 spiro atoms. The summed E-state index contributed by atoms with van der Waals surface area (Å²) in [6.07, 6.45) is 0. The fourth-order valence-corrected chi connectivity index (χ4v) is 2.49. The largest absolute Gasteiger partial charge is 0.332 e. The van der Waals surface area contributed by atoms with Gasteiger partial charge in [-0.3, -0.25) is 0 Å². The van der Waals surface area contributed by atoms with Crippen LogP contribution >= 0.6 is 27.3 Å². The molecule has 0 amide bonds. The summed E-state index contributed by atoms with van der Waals surface area (Å²) in [5.74, 6) is 1.22. The summed E-state index contributed by atoms with van der Waals surface area (Å²) < 4.78 is 1.04.